The normalized spacial score (nSPS) is 24.4. The molecule has 0 aromatic carbocycles. The highest BCUT2D eigenvalue weighted by atomic mass is 32.2. The lowest BCUT2D eigenvalue weighted by Gasteiger charge is -2.13. The minimum absolute atomic E-state index is 0.0917. The summed E-state index contributed by atoms with van der Waals surface area (Å²) in [5.41, 5.74) is 0. The Morgan fingerprint density at radius 2 is 2.20 bits per heavy atom. The van der Waals surface area contributed by atoms with E-state index in [-0.39, 0.29) is 12.3 Å². The van der Waals surface area contributed by atoms with E-state index in [0.29, 0.717) is 39.8 Å². The summed E-state index contributed by atoms with van der Waals surface area (Å²) in [6.45, 7) is 2.74. The van der Waals surface area contributed by atoms with Gasteiger partial charge in [0.2, 0.25) is 0 Å². The molecule has 1 aromatic heterocycles. The van der Waals surface area contributed by atoms with Gasteiger partial charge in [-0.25, -0.2) is 0 Å². The zero-order valence-corrected chi connectivity index (χ0v) is 15.7. The van der Waals surface area contributed by atoms with E-state index in [0.717, 1.165) is 25.0 Å². The molecule has 1 aliphatic carbocycles. The number of unbranched alkanes of at least 4 members (excludes halogenated alkanes) is 2. The van der Waals surface area contributed by atoms with E-state index in [2.05, 4.69) is 6.92 Å². The van der Waals surface area contributed by atoms with E-state index in [1.165, 1.54) is 11.8 Å². The summed E-state index contributed by atoms with van der Waals surface area (Å²) in [6, 6.07) is 3.89. The number of hydrogen-bond acceptors (Lipinski definition) is 5. The number of thiocarbonyl (C=S) groups is 1. The van der Waals surface area contributed by atoms with Crippen molar-refractivity contribution in [3.8, 4) is 0 Å². The predicted octanol–water partition coefficient (Wildman–Crippen LogP) is 4.25. The largest absolute Gasteiger partial charge is 0.481 e. The SMILES string of the molecule is C[C@H]1C[C@@H]1c1ccc(/C=C2\SC(=S)N(CCCCCC(=O)O)C2=O)o1. The molecule has 1 saturated carbocycles. The molecule has 0 unspecified atom stereocenters. The molecule has 134 valence electrons. The van der Waals surface area contributed by atoms with E-state index in [4.69, 9.17) is 21.7 Å². The van der Waals surface area contributed by atoms with E-state index in [1.54, 1.807) is 11.0 Å². The summed E-state index contributed by atoms with van der Waals surface area (Å²) in [6.07, 6.45) is 5.23. The molecule has 1 aromatic rings. The third kappa shape index (κ3) is 4.52. The van der Waals surface area contributed by atoms with E-state index < -0.39 is 5.97 Å². The average molecular weight is 380 g/mol. The van der Waals surface area contributed by atoms with Gasteiger partial charge in [0.15, 0.2) is 0 Å². The van der Waals surface area contributed by atoms with Gasteiger partial charge in [0.05, 0.1) is 4.91 Å². The van der Waals surface area contributed by atoms with Crippen LogP contribution in [0.3, 0.4) is 0 Å². The van der Waals surface area contributed by atoms with Crippen LogP contribution in [0.5, 0.6) is 0 Å². The first-order chi connectivity index (χ1) is 12.0. The lowest BCUT2D eigenvalue weighted by atomic mass is 10.2. The molecule has 1 amide bonds. The van der Waals surface area contributed by atoms with Crippen molar-refractivity contribution in [3.05, 3.63) is 28.6 Å². The van der Waals surface area contributed by atoms with Crippen molar-refractivity contribution in [2.75, 3.05) is 6.54 Å². The van der Waals surface area contributed by atoms with Gasteiger partial charge < -0.3 is 9.52 Å². The fraction of sp³-hybridized carbons (Fsp3) is 0.500. The second kappa shape index (κ2) is 7.74. The third-order valence-electron chi connectivity index (χ3n) is 4.54. The second-order valence-electron chi connectivity index (χ2n) is 6.60. The summed E-state index contributed by atoms with van der Waals surface area (Å²) in [4.78, 5) is 25.2. The molecule has 3 rings (SSSR count). The number of carbonyl (C=O) groups is 2. The monoisotopic (exact) mass is 379 g/mol. The van der Waals surface area contributed by atoms with Crippen LogP contribution in [-0.2, 0) is 9.59 Å². The van der Waals surface area contributed by atoms with Gasteiger partial charge in [0.25, 0.3) is 5.91 Å². The van der Waals surface area contributed by atoms with E-state index in [1.807, 2.05) is 12.1 Å². The number of carbonyl (C=O) groups excluding carboxylic acids is 1. The van der Waals surface area contributed by atoms with Crippen LogP contribution in [0.1, 0.15) is 56.5 Å². The van der Waals surface area contributed by atoms with Gasteiger partial charge in [-0.3, -0.25) is 14.5 Å². The molecule has 5 nitrogen and oxygen atoms in total. The number of furan rings is 1. The molecule has 25 heavy (non-hydrogen) atoms. The molecular formula is C18H21NO4S2. The Morgan fingerprint density at radius 1 is 1.44 bits per heavy atom. The maximum atomic E-state index is 12.5. The molecule has 2 fully saturated rings. The standard InChI is InChI=1S/C18H21NO4S2/c1-11-9-13(11)14-7-6-12(23-14)10-15-17(22)19(18(24)25-15)8-4-2-3-5-16(20)21/h6-7,10-11,13H,2-5,8-9H2,1H3,(H,20,21)/b15-10-/t11-,13-/m0/s1. The second-order valence-corrected chi connectivity index (χ2v) is 8.27. The van der Waals surface area contributed by atoms with Gasteiger partial charge in [-0.15, -0.1) is 0 Å². The maximum absolute atomic E-state index is 12.5. The van der Waals surface area contributed by atoms with Crippen molar-refractivity contribution < 1.29 is 19.1 Å². The van der Waals surface area contributed by atoms with Crippen molar-refractivity contribution in [2.24, 2.45) is 5.92 Å². The van der Waals surface area contributed by atoms with Crippen LogP contribution in [0.4, 0.5) is 0 Å². The van der Waals surface area contributed by atoms with Gasteiger partial charge in [-0.2, -0.15) is 0 Å². The average Bonchev–Trinajstić information content (AvgIpc) is 3.00. The first kappa shape index (κ1) is 18.2. The van der Waals surface area contributed by atoms with E-state index >= 15 is 0 Å². The molecule has 0 radical (unpaired) electrons. The van der Waals surface area contributed by atoms with E-state index in [9.17, 15) is 9.59 Å². The molecule has 2 heterocycles. The van der Waals surface area contributed by atoms with Crippen LogP contribution >= 0.6 is 24.0 Å². The highest BCUT2D eigenvalue weighted by Crippen LogP contribution is 2.47. The number of amides is 1. The highest BCUT2D eigenvalue weighted by molar-refractivity contribution is 8.26. The van der Waals surface area contributed by atoms with Gasteiger partial charge >= 0.3 is 5.97 Å². The minimum atomic E-state index is -0.785. The minimum Gasteiger partial charge on any atom is -0.481 e. The Labute approximate surface area is 156 Å². The molecule has 1 N–H and O–H groups in total. The zero-order chi connectivity index (χ0) is 18.0. The molecular weight excluding hydrogens is 358 g/mol. The number of hydrogen-bond donors (Lipinski definition) is 1. The summed E-state index contributed by atoms with van der Waals surface area (Å²) in [5.74, 6) is 2.00. The number of nitrogens with zero attached hydrogens (tertiary/aromatic N) is 1. The van der Waals surface area contributed by atoms with Crippen molar-refractivity contribution in [3.63, 3.8) is 0 Å². The van der Waals surface area contributed by atoms with Gasteiger partial charge in [0.1, 0.15) is 15.8 Å². The van der Waals surface area contributed by atoms with Gasteiger partial charge in [-0.1, -0.05) is 37.3 Å². The summed E-state index contributed by atoms with van der Waals surface area (Å²) < 4.78 is 6.39. The van der Waals surface area contributed by atoms with Crippen molar-refractivity contribution in [1.29, 1.82) is 0 Å². The molecule has 1 aliphatic heterocycles. The van der Waals surface area contributed by atoms with Crippen molar-refractivity contribution in [2.45, 2.75) is 44.9 Å². The lowest BCUT2D eigenvalue weighted by molar-refractivity contribution is -0.137. The van der Waals surface area contributed by atoms with Crippen LogP contribution in [0.15, 0.2) is 21.5 Å². The van der Waals surface area contributed by atoms with Crippen LogP contribution in [0.25, 0.3) is 6.08 Å². The smallest absolute Gasteiger partial charge is 0.303 e. The first-order valence-electron chi connectivity index (χ1n) is 8.52. The Hall–Kier alpha value is -1.60. The van der Waals surface area contributed by atoms with Crippen LogP contribution in [0.2, 0.25) is 0 Å². The lowest BCUT2D eigenvalue weighted by Crippen LogP contribution is -2.29. The first-order valence-corrected chi connectivity index (χ1v) is 9.75. The van der Waals surface area contributed by atoms with Crippen LogP contribution in [-0.4, -0.2) is 32.7 Å². The Kier molecular flexibility index (Phi) is 5.64. The molecule has 2 atom stereocenters. The molecule has 2 aliphatic rings. The number of aliphatic carboxylic acids is 1. The topological polar surface area (TPSA) is 70.8 Å². The van der Waals surface area contributed by atoms with Crippen LogP contribution in [0, 0.1) is 5.92 Å². The fourth-order valence-corrected chi connectivity index (χ4v) is 4.20. The number of carboxylic acids is 1. The summed E-state index contributed by atoms with van der Waals surface area (Å²) in [5, 5.41) is 8.63. The summed E-state index contributed by atoms with van der Waals surface area (Å²) >= 11 is 6.60. The molecule has 0 bridgehead atoms. The Morgan fingerprint density at radius 3 is 2.88 bits per heavy atom. The maximum Gasteiger partial charge on any atom is 0.303 e. The highest BCUT2D eigenvalue weighted by Gasteiger charge is 2.37. The van der Waals surface area contributed by atoms with Crippen molar-refractivity contribution in [1.82, 2.24) is 4.90 Å². The molecule has 1 saturated heterocycles. The van der Waals surface area contributed by atoms with Gasteiger partial charge in [0, 0.05) is 25.0 Å². The number of rotatable bonds is 8. The summed E-state index contributed by atoms with van der Waals surface area (Å²) in [7, 11) is 0. The zero-order valence-electron chi connectivity index (χ0n) is 14.1. The predicted molar refractivity (Wildman–Crippen MR) is 101 cm³/mol. The Bertz CT molecular complexity index is 724. The van der Waals surface area contributed by atoms with Crippen LogP contribution < -0.4 is 0 Å². The third-order valence-corrected chi connectivity index (χ3v) is 5.92. The number of carboxylic acid groups (broad SMARTS) is 1. The van der Waals surface area contributed by atoms with Crippen molar-refractivity contribution >= 4 is 46.3 Å². The van der Waals surface area contributed by atoms with Gasteiger partial charge in [-0.05, 0) is 37.3 Å². The number of thioether (sulfide) groups is 1. The quantitative estimate of drug-likeness (QED) is 0.414. The molecule has 0 spiro atoms. The molecule has 7 heteroatoms. The fourth-order valence-electron chi connectivity index (χ4n) is 2.91. The Balaban J connectivity index is 1.55.